The van der Waals surface area contributed by atoms with Crippen LogP contribution < -0.4 is 10.5 Å². The second kappa shape index (κ2) is 4.40. The van der Waals surface area contributed by atoms with E-state index in [1.54, 1.807) is 11.8 Å². The van der Waals surface area contributed by atoms with Crippen LogP contribution in [0.5, 0.6) is 5.75 Å². The summed E-state index contributed by atoms with van der Waals surface area (Å²) in [5.74, 6) is 1.18. The van der Waals surface area contributed by atoms with Crippen LogP contribution in [0.15, 0.2) is 24.3 Å². The first-order valence-corrected chi connectivity index (χ1v) is 5.94. The summed E-state index contributed by atoms with van der Waals surface area (Å²) >= 11 is 0. The van der Waals surface area contributed by atoms with Gasteiger partial charge in [0.25, 0.3) is 0 Å². The van der Waals surface area contributed by atoms with Crippen LogP contribution in [0.3, 0.4) is 0 Å². The van der Waals surface area contributed by atoms with Gasteiger partial charge in [-0.25, -0.2) is 9.67 Å². The Morgan fingerprint density at radius 1 is 1.37 bits per heavy atom. The van der Waals surface area contributed by atoms with Crippen LogP contribution in [0.2, 0.25) is 0 Å². The highest BCUT2D eigenvalue weighted by Crippen LogP contribution is 2.26. The maximum atomic E-state index is 9.03. The third-order valence-corrected chi connectivity index (χ3v) is 3.07. The van der Waals surface area contributed by atoms with E-state index in [0.717, 1.165) is 22.0 Å². The Morgan fingerprint density at radius 3 is 2.95 bits per heavy atom. The maximum Gasteiger partial charge on any atom is 0.160 e. The van der Waals surface area contributed by atoms with Gasteiger partial charge in [0.15, 0.2) is 11.5 Å². The zero-order valence-electron chi connectivity index (χ0n) is 10.5. The van der Waals surface area contributed by atoms with Crippen molar-refractivity contribution in [2.75, 3.05) is 19.5 Å². The molecule has 0 unspecified atom stereocenters. The summed E-state index contributed by atoms with van der Waals surface area (Å²) in [6, 6.07) is 7.63. The molecule has 1 aromatic carbocycles. The summed E-state index contributed by atoms with van der Waals surface area (Å²) in [6.07, 6.45) is 0. The highest BCUT2D eigenvalue weighted by atomic mass is 16.5. The highest BCUT2D eigenvalue weighted by molar-refractivity contribution is 5.96. The Labute approximate surface area is 109 Å². The van der Waals surface area contributed by atoms with E-state index in [1.807, 2.05) is 24.3 Å². The van der Waals surface area contributed by atoms with Crippen molar-refractivity contribution in [3.8, 4) is 5.75 Å². The molecule has 0 bridgehead atoms. The summed E-state index contributed by atoms with van der Waals surface area (Å²) in [5, 5.41) is 15.0. The van der Waals surface area contributed by atoms with Gasteiger partial charge in [-0.15, -0.1) is 0 Å². The molecule has 6 nitrogen and oxygen atoms in total. The molecule has 2 aromatic heterocycles. The van der Waals surface area contributed by atoms with Gasteiger partial charge >= 0.3 is 0 Å². The first-order chi connectivity index (χ1) is 9.22. The van der Waals surface area contributed by atoms with Gasteiger partial charge in [0.1, 0.15) is 5.75 Å². The molecule has 0 saturated carbocycles. The molecule has 98 valence electrons. The smallest absolute Gasteiger partial charge is 0.160 e. The van der Waals surface area contributed by atoms with Crippen LogP contribution in [0.25, 0.3) is 21.9 Å². The number of fused-ring (bicyclic) bond motifs is 2. The Balaban J connectivity index is 2.30. The molecule has 0 amide bonds. The van der Waals surface area contributed by atoms with E-state index in [-0.39, 0.29) is 6.61 Å². The van der Waals surface area contributed by atoms with Crippen molar-refractivity contribution in [2.45, 2.75) is 6.54 Å². The van der Waals surface area contributed by atoms with Gasteiger partial charge in [0.05, 0.1) is 31.2 Å². The molecule has 0 atom stereocenters. The molecule has 0 radical (unpaired) electrons. The van der Waals surface area contributed by atoms with Crippen molar-refractivity contribution in [1.82, 2.24) is 14.8 Å². The lowest BCUT2D eigenvalue weighted by Crippen LogP contribution is -2.05. The first-order valence-electron chi connectivity index (χ1n) is 5.94. The van der Waals surface area contributed by atoms with Crippen molar-refractivity contribution in [3.63, 3.8) is 0 Å². The number of aliphatic hydroxyl groups is 1. The standard InChI is InChI=1S/C13H14N4O2/c1-19-9-3-2-8-6-10-12(14)16-17(4-5-18)13(10)15-11(8)7-9/h2-3,6-7,18H,4-5H2,1H3,(H2,14,16). The average molecular weight is 258 g/mol. The predicted octanol–water partition coefficient (Wildman–Crippen LogP) is 1.17. The molecule has 2 heterocycles. The monoisotopic (exact) mass is 258 g/mol. The molecule has 0 aliphatic rings. The number of methoxy groups -OCH3 is 1. The molecule has 6 heteroatoms. The fraction of sp³-hybridized carbons (Fsp3) is 0.231. The third-order valence-electron chi connectivity index (χ3n) is 3.07. The van der Waals surface area contributed by atoms with Gasteiger partial charge in [-0.1, -0.05) is 0 Å². The lowest BCUT2D eigenvalue weighted by atomic mass is 10.2. The third kappa shape index (κ3) is 1.86. The van der Waals surface area contributed by atoms with Gasteiger partial charge in [0.2, 0.25) is 0 Å². The number of hydrogen-bond donors (Lipinski definition) is 2. The number of hydrogen-bond acceptors (Lipinski definition) is 5. The van der Waals surface area contributed by atoms with Gasteiger partial charge in [-0.2, -0.15) is 5.10 Å². The highest BCUT2D eigenvalue weighted by Gasteiger charge is 2.11. The zero-order valence-corrected chi connectivity index (χ0v) is 10.5. The van der Waals surface area contributed by atoms with Crippen LogP contribution in [-0.4, -0.2) is 33.6 Å². The van der Waals surface area contributed by atoms with E-state index < -0.39 is 0 Å². The van der Waals surface area contributed by atoms with Gasteiger partial charge in [-0.05, 0) is 18.2 Å². The summed E-state index contributed by atoms with van der Waals surface area (Å²) < 4.78 is 6.80. The van der Waals surface area contributed by atoms with Gasteiger partial charge < -0.3 is 15.6 Å². The lowest BCUT2D eigenvalue weighted by molar-refractivity contribution is 0.271. The SMILES string of the molecule is COc1ccc2cc3c(N)nn(CCO)c3nc2c1. The number of ether oxygens (including phenoxy) is 1. The van der Waals surface area contributed by atoms with Crippen LogP contribution in [-0.2, 0) is 6.54 Å². The number of nitrogens with two attached hydrogens (primary N) is 1. The number of benzene rings is 1. The van der Waals surface area contributed by atoms with E-state index in [4.69, 9.17) is 15.6 Å². The number of nitrogens with zero attached hydrogens (tertiary/aromatic N) is 3. The molecule has 3 N–H and O–H groups in total. The minimum absolute atomic E-state index is 0.00590. The van der Waals surface area contributed by atoms with Crippen molar-refractivity contribution < 1.29 is 9.84 Å². The van der Waals surface area contributed by atoms with Crippen molar-refractivity contribution >= 4 is 27.8 Å². The van der Waals surface area contributed by atoms with E-state index in [1.165, 1.54) is 0 Å². The zero-order chi connectivity index (χ0) is 13.4. The van der Waals surface area contributed by atoms with Crippen LogP contribution in [0.1, 0.15) is 0 Å². The van der Waals surface area contributed by atoms with Crippen molar-refractivity contribution in [1.29, 1.82) is 0 Å². The fourth-order valence-electron chi connectivity index (χ4n) is 2.13. The molecule has 0 aliphatic carbocycles. The Bertz CT molecular complexity index is 751. The molecule has 19 heavy (non-hydrogen) atoms. The summed E-state index contributed by atoms with van der Waals surface area (Å²) in [4.78, 5) is 4.56. The molecular weight excluding hydrogens is 244 g/mol. The van der Waals surface area contributed by atoms with E-state index in [9.17, 15) is 0 Å². The first kappa shape index (κ1) is 11.7. The van der Waals surface area contributed by atoms with Crippen LogP contribution in [0.4, 0.5) is 5.82 Å². The summed E-state index contributed by atoms with van der Waals surface area (Å²) in [5.41, 5.74) is 7.36. The summed E-state index contributed by atoms with van der Waals surface area (Å²) in [7, 11) is 1.62. The van der Waals surface area contributed by atoms with Gasteiger partial charge in [0, 0.05) is 11.5 Å². The topological polar surface area (TPSA) is 86.2 Å². The average Bonchev–Trinajstić information content (AvgIpc) is 2.73. The Hall–Kier alpha value is -2.34. The minimum atomic E-state index is -0.00590. The molecule has 0 aliphatic heterocycles. The number of pyridine rings is 1. The number of anilines is 1. The van der Waals surface area contributed by atoms with Crippen LogP contribution >= 0.6 is 0 Å². The summed E-state index contributed by atoms with van der Waals surface area (Å²) in [6.45, 7) is 0.365. The second-order valence-corrected chi connectivity index (χ2v) is 4.25. The minimum Gasteiger partial charge on any atom is -0.497 e. The van der Waals surface area contributed by atoms with E-state index in [2.05, 4.69) is 10.1 Å². The molecule has 3 aromatic rings. The lowest BCUT2D eigenvalue weighted by Gasteiger charge is -2.03. The molecule has 3 rings (SSSR count). The number of nitrogen functional groups attached to an aromatic ring is 1. The quantitative estimate of drug-likeness (QED) is 0.736. The Morgan fingerprint density at radius 2 is 2.21 bits per heavy atom. The normalized spacial score (nSPS) is 11.3. The van der Waals surface area contributed by atoms with E-state index in [0.29, 0.717) is 18.0 Å². The number of aliphatic hydroxyl groups excluding tert-OH is 1. The molecule has 0 spiro atoms. The van der Waals surface area contributed by atoms with E-state index >= 15 is 0 Å². The van der Waals surface area contributed by atoms with Crippen molar-refractivity contribution in [2.24, 2.45) is 0 Å². The molecular formula is C13H14N4O2. The molecule has 0 fully saturated rings. The predicted molar refractivity (Wildman–Crippen MR) is 73.1 cm³/mol. The number of aromatic nitrogens is 3. The fourth-order valence-corrected chi connectivity index (χ4v) is 2.13. The Kier molecular flexibility index (Phi) is 2.72. The number of rotatable bonds is 3. The molecule has 0 saturated heterocycles. The van der Waals surface area contributed by atoms with Crippen LogP contribution in [0, 0.1) is 0 Å². The largest absolute Gasteiger partial charge is 0.497 e. The van der Waals surface area contributed by atoms with Gasteiger partial charge in [-0.3, -0.25) is 0 Å². The second-order valence-electron chi connectivity index (χ2n) is 4.25. The maximum absolute atomic E-state index is 9.03. The van der Waals surface area contributed by atoms with Crippen molar-refractivity contribution in [3.05, 3.63) is 24.3 Å².